The molecule has 0 unspecified atom stereocenters. The van der Waals surface area contributed by atoms with E-state index in [1.54, 1.807) is 0 Å². The topological polar surface area (TPSA) is 37.4 Å². The molecule has 0 radical (unpaired) electrons. The first-order valence-corrected chi connectivity index (χ1v) is 7.38. The Balaban J connectivity index is 1.73. The Labute approximate surface area is 120 Å². The molecule has 4 nitrogen and oxygen atoms in total. The van der Waals surface area contributed by atoms with Crippen LogP contribution in [0.2, 0.25) is 0 Å². The van der Waals surface area contributed by atoms with Crippen molar-refractivity contribution in [1.82, 2.24) is 14.4 Å². The maximum Gasteiger partial charge on any atom is 0.0482 e. The molecule has 4 heteroatoms. The zero-order chi connectivity index (χ0) is 14.1. The van der Waals surface area contributed by atoms with Crippen LogP contribution in [0.25, 0.3) is 10.9 Å². The minimum atomic E-state index is 0.851. The van der Waals surface area contributed by atoms with Crippen LogP contribution in [0.1, 0.15) is 5.56 Å². The van der Waals surface area contributed by atoms with Gasteiger partial charge in [0, 0.05) is 62.6 Å². The molecule has 2 heterocycles. The van der Waals surface area contributed by atoms with Gasteiger partial charge in [-0.1, -0.05) is 0 Å². The number of likely N-dealkylation sites (N-methyl/N-ethyl adjacent to an activating group) is 1. The molecule has 0 atom stereocenters. The van der Waals surface area contributed by atoms with Crippen molar-refractivity contribution in [3.63, 3.8) is 0 Å². The number of nitrogens with two attached hydrogens (primary N) is 1. The van der Waals surface area contributed by atoms with Gasteiger partial charge in [-0.3, -0.25) is 0 Å². The molecule has 0 saturated carbocycles. The lowest BCUT2D eigenvalue weighted by Gasteiger charge is -2.32. The van der Waals surface area contributed by atoms with Crippen molar-refractivity contribution >= 4 is 16.6 Å². The Bertz CT molecular complexity index is 594. The van der Waals surface area contributed by atoms with E-state index >= 15 is 0 Å². The number of aryl methyl sites for hydroxylation is 1. The number of nitrogens with zero attached hydrogens (tertiary/aromatic N) is 3. The van der Waals surface area contributed by atoms with Crippen LogP contribution in [0.15, 0.2) is 24.4 Å². The van der Waals surface area contributed by atoms with Crippen LogP contribution in [-0.4, -0.2) is 54.1 Å². The molecule has 1 aliphatic rings. The molecule has 0 bridgehead atoms. The third kappa shape index (κ3) is 2.67. The van der Waals surface area contributed by atoms with Crippen LogP contribution in [0.5, 0.6) is 0 Å². The Morgan fingerprint density at radius 1 is 1.10 bits per heavy atom. The highest BCUT2D eigenvalue weighted by atomic mass is 15.2. The highest BCUT2D eigenvalue weighted by Crippen LogP contribution is 2.23. The second-order valence-electron chi connectivity index (χ2n) is 5.94. The molecule has 1 saturated heterocycles. The molecule has 0 aliphatic carbocycles. The normalized spacial score (nSPS) is 17.9. The number of rotatable bonds is 3. The quantitative estimate of drug-likeness (QED) is 0.862. The fraction of sp³-hybridized carbons (Fsp3) is 0.500. The smallest absolute Gasteiger partial charge is 0.0482 e. The van der Waals surface area contributed by atoms with Gasteiger partial charge in [0.05, 0.1) is 0 Å². The lowest BCUT2D eigenvalue weighted by atomic mass is 10.1. The van der Waals surface area contributed by atoms with Gasteiger partial charge in [-0.25, -0.2) is 0 Å². The number of benzene rings is 1. The Hall–Kier alpha value is -1.52. The van der Waals surface area contributed by atoms with E-state index in [1.807, 2.05) is 6.07 Å². The second-order valence-corrected chi connectivity index (χ2v) is 5.94. The summed E-state index contributed by atoms with van der Waals surface area (Å²) >= 11 is 0. The summed E-state index contributed by atoms with van der Waals surface area (Å²) in [7, 11) is 4.31. The molecule has 1 fully saturated rings. The van der Waals surface area contributed by atoms with Gasteiger partial charge >= 0.3 is 0 Å². The number of aromatic nitrogens is 1. The first-order valence-electron chi connectivity index (χ1n) is 7.38. The summed E-state index contributed by atoms with van der Waals surface area (Å²) in [6.45, 7) is 5.87. The van der Waals surface area contributed by atoms with Crippen LogP contribution in [-0.2, 0) is 13.5 Å². The third-order valence-corrected chi connectivity index (χ3v) is 4.39. The number of piperazine rings is 1. The van der Waals surface area contributed by atoms with E-state index in [1.165, 1.54) is 42.6 Å². The third-order valence-electron chi connectivity index (χ3n) is 4.39. The van der Waals surface area contributed by atoms with Gasteiger partial charge in [0.1, 0.15) is 0 Å². The average Bonchev–Trinajstić information content (AvgIpc) is 2.74. The summed E-state index contributed by atoms with van der Waals surface area (Å²) < 4.78 is 2.20. The summed E-state index contributed by atoms with van der Waals surface area (Å²) in [5.74, 6) is 0. The molecule has 0 amide bonds. The van der Waals surface area contributed by atoms with Crippen molar-refractivity contribution in [1.29, 1.82) is 0 Å². The molecular weight excluding hydrogens is 248 g/mol. The minimum absolute atomic E-state index is 0.851. The van der Waals surface area contributed by atoms with E-state index in [4.69, 9.17) is 5.73 Å². The number of nitrogen functional groups attached to an aromatic ring is 1. The fourth-order valence-electron chi connectivity index (χ4n) is 3.04. The Morgan fingerprint density at radius 3 is 2.60 bits per heavy atom. The van der Waals surface area contributed by atoms with Crippen LogP contribution in [0, 0.1) is 0 Å². The van der Waals surface area contributed by atoms with E-state index in [9.17, 15) is 0 Å². The molecule has 3 rings (SSSR count). The van der Waals surface area contributed by atoms with Crippen molar-refractivity contribution < 1.29 is 0 Å². The molecular formula is C16H24N4. The predicted molar refractivity (Wildman–Crippen MR) is 85.0 cm³/mol. The highest BCUT2D eigenvalue weighted by Gasteiger charge is 2.14. The average molecular weight is 272 g/mol. The standard InChI is InChI=1S/C16H24N4/c1-18-7-9-20(10-8-18)6-5-13-12-19(2)16-4-3-14(17)11-15(13)16/h3-4,11-12H,5-10,17H2,1-2H3. The fourth-order valence-corrected chi connectivity index (χ4v) is 3.04. The summed E-state index contributed by atoms with van der Waals surface area (Å²) in [6.07, 6.45) is 3.35. The first kappa shape index (κ1) is 13.5. The second kappa shape index (κ2) is 5.46. The summed E-state index contributed by atoms with van der Waals surface area (Å²) in [4.78, 5) is 4.96. The summed E-state index contributed by atoms with van der Waals surface area (Å²) in [5.41, 5.74) is 9.46. The van der Waals surface area contributed by atoms with Gasteiger partial charge in [0.15, 0.2) is 0 Å². The lowest BCUT2D eigenvalue weighted by molar-refractivity contribution is 0.155. The zero-order valence-electron chi connectivity index (χ0n) is 12.5. The molecule has 2 N–H and O–H groups in total. The molecule has 20 heavy (non-hydrogen) atoms. The Morgan fingerprint density at radius 2 is 1.85 bits per heavy atom. The largest absolute Gasteiger partial charge is 0.399 e. The summed E-state index contributed by atoms with van der Waals surface area (Å²) in [6, 6.07) is 6.20. The van der Waals surface area contributed by atoms with Crippen LogP contribution >= 0.6 is 0 Å². The van der Waals surface area contributed by atoms with Gasteiger partial charge in [0.25, 0.3) is 0 Å². The van der Waals surface area contributed by atoms with E-state index in [0.717, 1.165) is 18.7 Å². The van der Waals surface area contributed by atoms with Crippen LogP contribution in [0.4, 0.5) is 5.69 Å². The maximum atomic E-state index is 5.93. The molecule has 0 spiro atoms. The molecule has 1 aliphatic heterocycles. The monoisotopic (exact) mass is 272 g/mol. The SMILES string of the molecule is CN1CCN(CCc2cn(C)c3ccc(N)cc23)CC1. The van der Waals surface area contributed by atoms with Gasteiger partial charge in [0.2, 0.25) is 0 Å². The molecule has 2 aromatic rings. The van der Waals surface area contributed by atoms with Crippen molar-refractivity contribution in [2.45, 2.75) is 6.42 Å². The van der Waals surface area contributed by atoms with Crippen molar-refractivity contribution in [3.8, 4) is 0 Å². The zero-order valence-corrected chi connectivity index (χ0v) is 12.5. The van der Waals surface area contributed by atoms with Gasteiger partial charge < -0.3 is 20.1 Å². The van der Waals surface area contributed by atoms with E-state index in [0.29, 0.717) is 0 Å². The number of hydrogen-bond donors (Lipinski definition) is 1. The number of hydrogen-bond acceptors (Lipinski definition) is 3. The van der Waals surface area contributed by atoms with Crippen LogP contribution in [0.3, 0.4) is 0 Å². The minimum Gasteiger partial charge on any atom is -0.399 e. The van der Waals surface area contributed by atoms with Gasteiger partial charge in [-0.2, -0.15) is 0 Å². The molecule has 1 aromatic carbocycles. The van der Waals surface area contributed by atoms with E-state index < -0.39 is 0 Å². The van der Waals surface area contributed by atoms with Crippen molar-refractivity contribution in [2.24, 2.45) is 7.05 Å². The maximum absolute atomic E-state index is 5.93. The van der Waals surface area contributed by atoms with Crippen molar-refractivity contribution in [3.05, 3.63) is 30.0 Å². The number of fused-ring (bicyclic) bond motifs is 1. The van der Waals surface area contributed by atoms with Gasteiger partial charge in [-0.15, -0.1) is 0 Å². The molecule has 1 aromatic heterocycles. The lowest BCUT2D eigenvalue weighted by Crippen LogP contribution is -2.45. The number of anilines is 1. The van der Waals surface area contributed by atoms with Gasteiger partial charge in [-0.05, 0) is 37.2 Å². The van der Waals surface area contributed by atoms with E-state index in [2.05, 4.69) is 46.8 Å². The van der Waals surface area contributed by atoms with Crippen LogP contribution < -0.4 is 5.73 Å². The molecule has 108 valence electrons. The predicted octanol–water partition coefficient (Wildman–Crippen LogP) is 1.55. The highest BCUT2D eigenvalue weighted by molar-refractivity contribution is 5.86. The van der Waals surface area contributed by atoms with E-state index in [-0.39, 0.29) is 0 Å². The van der Waals surface area contributed by atoms with Crippen molar-refractivity contribution in [2.75, 3.05) is 45.5 Å². The first-order chi connectivity index (χ1) is 9.63. The summed E-state index contributed by atoms with van der Waals surface area (Å²) in [5, 5.41) is 1.31. The Kier molecular flexibility index (Phi) is 3.68.